The number of ether oxygens (including phenoxy) is 1. The minimum atomic E-state index is -0.721. The zero-order chi connectivity index (χ0) is 26.2. The van der Waals surface area contributed by atoms with Gasteiger partial charge in [-0.1, -0.05) is 77.2 Å². The normalized spacial score (nSPS) is 14.7. The molecule has 0 radical (unpaired) electrons. The van der Waals surface area contributed by atoms with E-state index >= 15 is 0 Å². The number of fused-ring (bicyclic) bond motifs is 2. The van der Waals surface area contributed by atoms with Crippen molar-refractivity contribution in [2.75, 3.05) is 11.5 Å². The van der Waals surface area contributed by atoms with Crippen LogP contribution in [0.2, 0.25) is 0 Å². The highest BCUT2D eigenvalue weighted by molar-refractivity contribution is 8.00. The highest BCUT2D eigenvalue weighted by Crippen LogP contribution is 2.43. The van der Waals surface area contributed by atoms with Crippen LogP contribution in [-0.4, -0.2) is 22.7 Å². The fraction of sp³-hybridized carbons (Fsp3) is 0.172. The van der Waals surface area contributed by atoms with Crippen LogP contribution in [0.1, 0.15) is 45.8 Å². The minimum Gasteiger partial charge on any atom is -0.494 e. The molecule has 0 N–H and O–H groups in total. The molecule has 38 heavy (non-hydrogen) atoms. The van der Waals surface area contributed by atoms with Gasteiger partial charge >= 0.3 is 0 Å². The molecule has 3 aromatic carbocycles. The first-order chi connectivity index (χ1) is 18.5. The van der Waals surface area contributed by atoms with Crippen molar-refractivity contribution in [1.29, 1.82) is 0 Å². The molecule has 9 heteroatoms. The minimum absolute atomic E-state index is 0.0320. The van der Waals surface area contributed by atoms with E-state index in [1.807, 2.05) is 31.2 Å². The van der Waals surface area contributed by atoms with Crippen molar-refractivity contribution in [3.8, 4) is 5.75 Å². The first kappa shape index (κ1) is 24.4. The third kappa shape index (κ3) is 4.37. The largest absolute Gasteiger partial charge is 0.494 e. The van der Waals surface area contributed by atoms with Crippen molar-refractivity contribution >= 4 is 45.1 Å². The Balaban J connectivity index is 1.42. The van der Waals surface area contributed by atoms with E-state index in [0.717, 1.165) is 15.7 Å². The molecule has 0 aliphatic carbocycles. The van der Waals surface area contributed by atoms with Gasteiger partial charge in [0.1, 0.15) is 11.3 Å². The molecule has 2 aromatic heterocycles. The second-order valence-corrected chi connectivity index (χ2v) is 11.1. The van der Waals surface area contributed by atoms with Gasteiger partial charge in [-0.2, -0.15) is 0 Å². The smallest absolute Gasteiger partial charge is 0.297 e. The van der Waals surface area contributed by atoms with Gasteiger partial charge in [0.25, 0.3) is 5.91 Å². The topological polar surface area (TPSA) is 85.5 Å². The Morgan fingerprint density at radius 3 is 2.66 bits per heavy atom. The van der Waals surface area contributed by atoms with E-state index in [0.29, 0.717) is 34.0 Å². The summed E-state index contributed by atoms with van der Waals surface area (Å²) in [5.41, 5.74) is 3.55. The highest BCUT2D eigenvalue weighted by Gasteiger charge is 2.45. The van der Waals surface area contributed by atoms with Gasteiger partial charge in [-0.25, -0.2) is 0 Å². The number of aryl methyl sites for hydroxylation is 1. The Labute approximate surface area is 227 Å². The van der Waals surface area contributed by atoms with Crippen molar-refractivity contribution in [3.05, 3.63) is 111 Å². The quantitative estimate of drug-likeness (QED) is 0.174. The van der Waals surface area contributed by atoms with Crippen LogP contribution in [0.15, 0.2) is 86.3 Å². The summed E-state index contributed by atoms with van der Waals surface area (Å²) < 4.78 is 12.5. The zero-order valence-electron chi connectivity index (χ0n) is 20.7. The summed E-state index contributed by atoms with van der Waals surface area (Å²) >= 11 is 2.88. The first-order valence-corrected chi connectivity index (χ1v) is 14.0. The Kier molecular flexibility index (Phi) is 6.47. The third-order valence-electron chi connectivity index (χ3n) is 6.35. The maximum atomic E-state index is 13.8. The van der Waals surface area contributed by atoms with Gasteiger partial charge in [0.2, 0.25) is 10.9 Å². The number of thioether (sulfide) groups is 1. The number of carbonyl (C=O) groups excluding carboxylic acids is 1. The molecule has 0 saturated carbocycles. The number of hydrogen-bond donors (Lipinski definition) is 0. The number of nitrogens with zero attached hydrogens (tertiary/aromatic N) is 3. The van der Waals surface area contributed by atoms with Gasteiger partial charge in [-0.15, -0.1) is 10.2 Å². The molecular formula is C29H23N3O4S2. The predicted octanol–water partition coefficient (Wildman–Crippen LogP) is 6.39. The SMILES string of the molecule is CCOc1cccc(C2c3c(oc4ccccc4c3=O)C(=O)N2c2nnc(SCc3ccc(C)cc3)s2)c1. The molecule has 1 aliphatic heterocycles. The second kappa shape index (κ2) is 10.1. The molecular weight excluding hydrogens is 518 g/mol. The first-order valence-electron chi connectivity index (χ1n) is 12.2. The van der Waals surface area contributed by atoms with Crippen LogP contribution in [0, 0.1) is 6.92 Å². The summed E-state index contributed by atoms with van der Waals surface area (Å²) in [5.74, 6) is 1.00. The monoisotopic (exact) mass is 541 g/mol. The molecule has 7 nitrogen and oxygen atoms in total. The van der Waals surface area contributed by atoms with Crippen LogP contribution in [0.3, 0.4) is 0 Å². The van der Waals surface area contributed by atoms with Crippen molar-refractivity contribution in [1.82, 2.24) is 10.2 Å². The average molecular weight is 542 g/mol. The molecule has 0 bridgehead atoms. The lowest BCUT2D eigenvalue weighted by Crippen LogP contribution is -2.29. The molecule has 190 valence electrons. The molecule has 6 rings (SSSR count). The van der Waals surface area contributed by atoms with Gasteiger partial charge in [0.05, 0.1) is 23.6 Å². The Morgan fingerprint density at radius 1 is 1.03 bits per heavy atom. The van der Waals surface area contributed by atoms with Crippen LogP contribution in [-0.2, 0) is 5.75 Å². The lowest BCUT2D eigenvalue weighted by Gasteiger charge is -2.22. The van der Waals surface area contributed by atoms with Crippen molar-refractivity contribution in [2.24, 2.45) is 0 Å². The highest BCUT2D eigenvalue weighted by atomic mass is 32.2. The summed E-state index contributed by atoms with van der Waals surface area (Å²) in [6.45, 7) is 4.46. The van der Waals surface area contributed by atoms with Crippen molar-refractivity contribution in [2.45, 2.75) is 30.0 Å². The second-order valence-electron chi connectivity index (χ2n) is 8.88. The van der Waals surface area contributed by atoms with E-state index in [4.69, 9.17) is 9.15 Å². The maximum Gasteiger partial charge on any atom is 0.297 e. The third-order valence-corrected chi connectivity index (χ3v) is 8.47. The van der Waals surface area contributed by atoms with Gasteiger partial charge < -0.3 is 9.15 Å². The number of hydrogen-bond acceptors (Lipinski definition) is 8. The predicted molar refractivity (Wildman–Crippen MR) is 149 cm³/mol. The van der Waals surface area contributed by atoms with E-state index < -0.39 is 11.9 Å². The van der Waals surface area contributed by atoms with Crippen molar-refractivity contribution in [3.63, 3.8) is 0 Å². The van der Waals surface area contributed by atoms with Crippen LogP contribution < -0.4 is 15.1 Å². The van der Waals surface area contributed by atoms with E-state index in [9.17, 15) is 9.59 Å². The maximum absolute atomic E-state index is 13.8. The number of carbonyl (C=O) groups is 1. The number of rotatable bonds is 7. The molecule has 1 unspecified atom stereocenters. The van der Waals surface area contributed by atoms with Gasteiger partial charge in [-0.05, 0) is 49.2 Å². The molecule has 1 aliphatic rings. The Hall–Kier alpha value is -3.95. The molecule has 1 atom stereocenters. The number of aromatic nitrogens is 2. The Morgan fingerprint density at radius 2 is 1.84 bits per heavy atom. The van der Waals surface area contributed by atoms with Crippen molar-refractivity contribution < 1.29 is 13.9 Å². The number of benzene rings is 3. The summed E-state index contributed by atoms with van der Waals surface area (Å²) in [7, 11) is 0. The summed E-state index contributed by atoms with van der Waals surface area (Å²) in [6.07, 6.45) is 0. The molecule has 5 aromatic rings. The number of anilines is 1. The van der Waals surface area contributed by atoms with E-state index in [1.165, 1.54) is 27.4 Å². The van der Waals surface area contributed by atoms with Crippen LogP contribution in [0.5, 0.6) is 5.75 Å². The lowest BCUT2D eigenvalue weighted by molar-refractivity contribution is 0.0970. The zero-order valence-corrected chi connectivity index (χ0v) is 22.3. The molecule has 1 amide bonds. The standard InChI is InChI=1S/C29H23N3O4S2/c1-3-35-20-8-6-7-19(15-20)24-23-25(33)21-9-4-5-10-22(21)36-26(23)27(34)32(24)28-30-31-29(38-28)37-16-18-13-11-17(2)12-14-18/h4-15,24H,3,16H2,1-2H3. The molecule has 0 saturated heterocycles. The van der Waals surface area contributed by atoms with E-state index in [-0.39, 0.29) is 11.2 Å². The average Bonchev–Trinajstić information content (AvgIpc) is 3.51. The van der Waals surface area contributed by atoms with Crippen LogP contribution in [0.25, 0.3) is 11.0 Å². The summed E-state index contributed by atoms with van der Waals surface area (Å²) in [4.78, 5) is 29.0. The molecule has 3 heterocycles. The van der Waals surface area contributed by atoms with Crippen LogP contribution >= 0.6 is 23.1 Å². The Bertz CT molecular complexity index is 1710. The summed E-state index contributed by atoms with van der Waals surface area (Å²) in [6, 6.07) is 22.0. The number of amides is 1. The van der Waals surface area contributed by atoms with E-state index in [2.05, 4.69) is 41.4 Å². The summed E-state index contributed by atoms with van der Waals surface area (Å²) in [5, 5.41) is 9.55. The number of para-hydroxylation sites is 1. The fourth-order valence-corrected chi connectivity index (χ4v) is 6.38. The van der Waals surface area contributed by atoms with Gasteiger partial charge in [0.15, 0.2) is 9.77 Å². The van der Waals surface area contributed by atoms with Gasteiger partial charge in [-0.3, -0.25) is 14.5 Å². The van der Waals surface area contributed by atoms with Crippen LogP contribution in [0.4, 0.5) is 5.13 Å². The molecule has 0 fully saturated rings. The lowest BCUT2D eigenvalue weighted by atomic mass is 9.98. The van der Waals surface area contributed by atoms with E-state index in [1.54, 1.807) is 36.0 Å². The molecule has 0 spiro atoms. The fourth-order valence-electron chi connectivity index (χ4n) is 4.56. The van der Waals surface area contributed by atoms with Gasteiger partial charge in [0, 0.05) is 5.75 Å².